The molecule has 0 radical (unpaired) electrons. The van der Waals surface area contributed by atoms with E-state index in [1.165, 1.54) is 6.07 Å². The third-order valence-electron chi connectivity index (χ3n) is 2.94. The summed E-state index contributed by atoms with van der Waals surface area (Å²) in [6, 6.07) is 11.9. The zero-order chi connectivity index (χ0) is 13.9. The Morgan fingerprint density at radius 1 is 1.10 bits per heavy atom. The Morgan fingerprint density at radius 3 is 2.80 bits per heavy atom. The Bertz CT molecular complexity index is 834. The molecule has 5 nitrogen and oxygen atoms in total. The molecule has 3 aromatic rings. The van der Waals surface area contributed by atoms with Crippen LogP contribution in [0.4, 0.5) is 5.69 Å². The molecule has 0 saturated heterocycles. The number of nitrogens with one attached hydrogen (secondary N) is 2. The van der Waals surface area contributed by atoms with Gasteiger partial charge in [0, 0.05) is 34.9 Å². The Morgan fingerprint density at radius 2 is 1.95 bits per heavy atom. The van der Waals surface area contributed by atoms with Crippen molar-refractivity contribution in [3.8, 4) is 0 Å². The molecule has 2 heterocycles. The minimum atomic E-state index is -0.355. The maximum absolute atomic E-state index is 12.1. The van der Waals surface area contributed by atoms with Crippen LogP contribution in [0.15, 0.2) is 59.7 Å². The zero-order valence-corrected chi connectivity index (χ0v) is 10.5. The van der Waals surface area contributed by atoms with E-state index in [2.05, 4.69) is 15.3 Å². The van der Waals surface area contributed by atoms with Gasteiger partial charge in [-0.1, -0.05) is 18.2 Å². The van der Waals surface area contributed by atoms with Crippen molar-refractivity contribution < 1.29 is 4.79 Å². The summed E-state index contributed by atoms with van der Waals surface area (Å²) in [5.74, 6) is -0.355. The number of aromatic nitrogens is 2. The molecule has 20 heavy (non-hydrogen) atoms. The first-order chi connectivity index (χ1) is 9.74. The second-order valence-corrected chi connectivity index (χ2v) is 4.29. The Balaban J connectivity index is 1.97. The molecule has 2 N–H and O–H groups in total. The average Bonchev–Trinajstić information content (AvgIpc) is 2.47. The van der Waals surface area contributed by atoms with Crippen molar-refractivity contribution in [1.29, 1.82) is 0 Å². The van der Waals surface area contributed by atoms with Crippen LogP contribution in [-0.2, 0) is 0 Å². The molecule has 0 aliphatic heterocycles. The lowest BCUT2D eigenvalue weighted by atomic mass is 10.1. The average molecular weight is 265 g/mol. The van der Waals surface area contributed by atoms with E-state index in [0.717, 1.165) is 10.8 Å². The highest BCUT2D eigenvalue weighted by atomic mass is 16.2. The van der Waals surface area contributed by atoms with Crippen molar-refractivity contribution in [2.75, 3.05) is 5.32 Å². The number of fused-ring (bicyclic) bond motifs is 1. The van der Waals surface area contributed by atoms with E-state index in [9.17, 15) is 9.59 Å². The monoisotopic (exact) mass is 265 g/mol. The van der Waals surface area contributed by atoms with Crippen LogP contribution in [0.25, 0.3) is 10.8 Å². The van der Waals surface area contributed by atoms with E-state index in [1.54, 1.807) is 30.6 Å². The fraction of sp³-hybridized carbons (Fsp3) is 0. The quantitative estimate of drug-likeness (QED) is 0.745. The van der Waals surface area contributed by atoms with Crippen LogP contribution in [0, 0.1) is 0 Å². The van der Waals surface area contributed by atoms with Crippen LogP contribution in [0.1, 0.15) is 10.5 Å². The molecule has 2 aromatic heterocycles. The number of H-pyrrole nitrogens is 1. The molecule has 1 aromatic carbocycles. The highest BCUT2D eigenvalue weighted by molar-refractivity contribution is 6.08. The lowest BCUT2D eigenvalue weighted by Gasteiger charge is -2.08. The van der Waals surface area contributed by atoms with Crippen LogP contribution in [0.5, 0.6) is 0 Å². The van der Waals surface area contributed by atoms with Crippen LogP contribution >= 0.6 is 0 Å². The van der Waals surface area contributed by atoms with Gasteiger partial charge in [-0.25, -0.2) is 0 Å². The van der Waals surface area contributed by atoms with Gasteiger partial charge in [0.05, 0.1) is 0 Å². The summed E-state index contributed by atoms with van der Waals surface area (Å²) in [7, 11) is 0. The Hall–Kier alpha value is -2.95. The minimum absolute atomic E-state index is 0.226. The summed E-state index contributed by atoms with van der Waals surface area (Å²) >= 11 is 0. The van der Waals surface area contributed by atoms with Crippen molar-refractivity contribution in [3.05, 3.63) is 70.9 Å². The molecule has 98 valence electrons. The summed E-state index contributed by atoms with van der Waals surface area (Å²) in [5.41, 5.74) is 0.600. The smallest absolute Gasteiger partial charge is 0.272 e. The number of amides is 1. The Labute approximate surface area is 114 Å². The van der Waals surface area contributed by atoms with Crippen LogP contribution in [0.2, 0.25) is 0 Å². The van der Waals surface area contributed by atoms with E-state index in [0.29, 0.717) is 5.69 Å². The van der Waals surface area contributed by atoms with Gasteiger partial charge in [0.15, 0.2) is 0 Å². The molecular weight excluding hydrogens is 254 g/mol. The van der Waals surface area contributed by atoms with Gasteiger partial charge in [0.2, 0.25) is 5.56 Å². The topological polar surface area (TPSA) is 74.8 Å². The third-order valence-corrected chi connectivity index (χ3v) is 2.94. The maximum Gasteiger partial charge on any atom is 0.272 e. The van der Waals surface area contributed by atoms with Crippen molar-refractivity contribution in [2.24, 2.45) is 0 Å². The van der Waals surface area contributed by atoms with Gasteiger partial charge in [-0.3, -0.25) is 14.6 Å². The fourth-order valence-electron chi connectivity index (χ4n) is 2.00. The van der Waals surface area contributed by atoms with E-state index in [-0.39, 0.29) is 17.2 Å². The number of nitrogens with zero attached hydrogens (tertiary/aromatic N) is 1. The summed E-state index contributed by atoms with van der Waals surface area (Å²) in [6.45, 7) is 0. The predicted octanol–water partition coefficient (Wildman–Crippen LogP) is 2.18. The summed E-state index contributed by atoms with van der Waals surface area (Å²) in [5, 5.41) is 4.63. The first-order valence-electron chi connectivity index (χ1n) is 6.07. The SMILES string of the molecule is O=C(Nc1cccc2cnccc12)c1cccc(=O)[nH]1. The number of pyridine rings is 2. The van der Waals surface area contributed by atoms with Crippen LogP contribution in [-0.4, -0.2) is 15.9 Å². The first kappa shape index (κ1) is 12.1. The predicted molar refractivity (Wildman–Crippen MR) is 76.8 cm³/mol. The highest BCUT2D eigenvalue weighted by Gasteiger charge is 2.08. The van der Waals surface area contributed by atoms with Gasteiger partial charge in [0.1, 0.15) is 5.69 Å². The lowest BCUT2D eigenvalue weighted by Crippen LogP contribution is -2.18. The Kier molecular flexibility index (Phi) is 3.01. The van der Waals surface area contributed by atoms with E-state index in [1.807, 2.05) is 18.2 Å². The molecule has 0 unspecified atom stereocenters. The number of aromatic amines is 1. The van der Waals surface area contributed by atoms with Crippen molar-refractivity contribution in [1.82, 2.24) is 9.97 Å². The molecule has 0 aliphatic rings. The molecular formula is C15H11N3O2. The molecule has 0 aliphatic carbocycles. The molecule has 0 bridgehead atoms. The second-order valence-electron chi connectivity index (χ2n) is 4.29. The number of carbonyl (C=O) groups excluding carboxylic acids is 1. The second kappa shape index (κ2) is 4.97. The van der Waals surface area contributed by atoms with Crippen LogP contribution in [0.3, 0.4) is 0 Å². The molecule has 1 amide bonds. The minimum Gasteiger partial charge on any atom is -0.320 e. The molecule has 3 rings (SSSR count). The van der Waals surface area contributed by atoms with E-state index < -0.39 is 0 Å². The summed E-state index contributed by atoms with van der Waals surface area (Å²) in [4.78, 5) is 29.9. The van der Waals surface area contributed by atoms with Gasteiger partial charge in [-0.2, -0.15) is 0 Å². The van der Waals surface area contributed by atoms with Crippen LogP contribution < -0.4 is 10.9 Å². The van der Waals surface area contributed by atoms with Gasteiger partial charge in [0.25, 0.3) is 5.91 Å². The van der Waals surface area contributed by atoms with Crippen molar-refractivity contribution in [3.63, 3.8) is 0 Å². The largest absolute Gasteiger partial charge is 0.320 e. The van der Waals surface area contributed by atoms with Gasteiger partial charge in [-0.15, -0.1) is 0 Å². The van der Waals surface area contributed by atoms with Crippen molar-refractivity contribution in [2.45, 2.75) is 0 Å². The fourth-order valence-corrected chi connectivity index (χ4v) is 2.00. The number of benzene rings is 1. The van der Waals surface area contributed by atoms with Gasteiger partial charge < -0.3 is 10.3 Å². The lowest BCUT2D eigenvalue weighted by molar-refractivity contribution is 0.102. The number of hydrogen-bond acceptors (Lipinski definition) is 3. The molecule has 0 atom stereocenters. The number of carbonyl (C=O) groups is 1. The molecule has 5 heteroatoms. The molecule has 0 spiro atoms. The number of anilines is 1. The van der Waals surface area contributed by atoms with Gasteiger partial charge >= 0.3 is 0 Å². The summed E-state index contributed by atoms with van der Waals surface area (Å²) in [6.07, 6.45) is 3.40. The van der Waals surface area contributed by atoms with Gasteiger partial charge in [-0.05, 0) is 18.2 Å². The van der Waals surface area contributed by atoms with E-state index in [4.69, 9.17) is 0 Å². The molecule has 0 saturated carbocycles. The zero-order valence-electron chi connectivity index (χ0n) is 10.5. The third kappa shape index (κ3) is 2.29. The first-order valence-corrected chi connectivity index (χ1v) is 6.07. The van der Waals surface area contributed by atoms with E-state index >= 15 is 0 Å². The number of hydrogen-bond donors (Lipinski definition) is 2. The number of rotatable bonds is 2. The normalized spacial score (nSPS) is 10.4. The molecule has 0 fully saturated rings. The highest BCUT2D eigenvalue weighted by Crippen LogP contribution is 2.22. The van der Waals surface area contributed by atoms with Crippen molar-refractivity contribution >= 4 is 22.4 Å². The maximum atomic E-state index is 12.1. The summed E-state index contributed by atoms with van der Waals surface area (Å²) < 4.78 is 0. The standard InChI is InChI=1S/C15H11N3O2/c19-14-6-2-5-13(17-14)15(20)18-12-4-1-3-10-9-16-8-7-11(10)12/h1-9H,(H,17,19)(H,18,20).